The Hall–Kier alpha value is -0.940. The summed E-state index contributed by atoms with van der Waals surface area (Å²) in [5.41, 5.74) is 0. The van der Waals surface area contributed by atoms with Gasteiger partial charge < -0.3 is 14.9 Å². The van der Waals surface area contributed by atoms with Crippen LogP contribution < -0.4 is 5.32 Å². The van der Waals surface area contributed by atoms with Crippen LogP contribution in [0.2, 0.25) is 0 Å². The quantitative estimate of drug-likeness (QED) is 0.584. The van der Waals surface area contributed by atoms with Gasteiger partial charge in [0.05, 0.1) is 0 Å². The summed E-state index contributed by atoms with van der Waals surface area (Å²) in [6.45, 7) is 2.04. The number of aliphatic hydroxyl groups is 1. The molecule has 0 amide bonds. The van der Waals surface area contributed by atoms with Crippen LogP contribution in [0.4, 0.5) is 0 Å². The van der Waals surface area contributed by atoms with Gasteiger partial charge in [-0.2, -0.15) is 4.98 Å². The fourth-order valence-corrected chi connectivity index (χ4v) is 0.988. The zero-order valence-corrected chi connectivity index (χ0v) is 7.57. The van der Waals surface area contributed by atoms with Crippen molar-refractivity contribution in [2.45, 2.75) is 19.3 Å². The average Bonchev–Trinajstić information content (AvgIpc) is 2.63. The van der Waals surface area contributed by atoms with Gasteiger partial charge in [0, 0.05) is 19.6 Å². The highest BCUT2D eigenvalue weighted by Crippen LogP contribution is 1.90. The van der Waals surface area contributed by atoms with Crippen LogP contribution >= 0.6 is 0 Å². The SMILES string of the molecule is OCCCCNCCc1ncno1. The van der Waals surface area contributed by atoms with Gasteiger partial charge in [0.1, 0.15) is 0 Å². The summed E-state index contributed by atoms with van der Waals surface area (Å²) in [6, 6.07) is 0. The van der Waals surface area contributed by atoms with E-state index in [1.807, 2.05) is 0 Å². The molecule has 0 fully saturated rings. The lowest BCUT2D eigenvalue weighted by Crippen LogP contribution is -2.18. The summed E-state index contributed by atoms with van der Waals surface area (Å²) in [6.07, 6.45) is 4.02. The van der Waals surface area contributed by atoms with E-state index in [2.05, 4.69) is 15.5 Å². The number of hydrogen-bond donors (Lipinski definition) is 2. The summed E-state index contributed by atoms with van der Waals surface area (Å²) >= 11 is 0. The highest BCUT2D eigenvalue weighted by atomic mass is 16.5. The molecule has 5 nitrogen and oxygen atoms in total. The number of aliphatic hydroxyl groups excluding tert-OH is 1. The molecule has 1 heterocycles. The molecule has 0 saturated carbocycles. The zero-order chi connectivity index (χ0) is 9.36. The van der Waals surface area contributed by atoms with Gasteiger partial charge in [-0.3, -0.25) is 0 Å². The highest BCUT2D eigenvalue weighted by Gasteiger charge is 1.96. The van der Waals surface area contributed by atoms with E-state index in [-0.39, 0.29) is 6.61 Å². The maximum absolute atomic E-state index is 8.51. The lowest BCUT2D eigenvalue weighted by Gasteiger charge is -2.00. The van der Waals surface area contributed by atoms with Gasteiger partial charge in [0.25, 0.3) is 0 Å². The monoisotopic (exact) mass is 185 g/mol. The van der Waals surface area contributed by atoms with Gasteiger partial charge in [-0.15, -0.1) is 0 Å². The Morgan fingerprint density at radius 2 is 2.31 bits per heavy atom. The van der Waals surface area contributed by atoms with E-state index in [9.17, 15) is 0 Å². The first-order valence-electron chi connectivity index (χ1n) is 4.50. The Balaban J connectivity index is 1.90. The topological polar surface area (TPSA) is 71.2 Å². The Bertz CT molecular complexity index is 201. The van der Waals surface area contributed by atoms with Crippen molar-refractivity contribution in [1.29, 1.82) is 0 Å². The number of rotatable bonds is 7. The molecule has 1 aromatic heterocycles. The summed E-state index contributed by atoms with van der Waals surface area (Å²) in [5, 5.41) is 15.2. The minimum Gasteiger partial charge on any atom is -0.396 e. The van der Waals surface area contributed by atoms with Crippen molar-refractivity contribution in [3.05, 3.63) is 12.2 Å². The molecule has 0 spiro atoms. The molecule has 0 radical (unpaired) electrons. The molecule has 1 aromatic rings. The normalized spacial score (nSPS) is 10.5. The van der Waals surface area contributed by atoms with E-state index in [1.54, 1.807) is 0 Å². The molecule has 2 N–H and O–H groups in total. The van der Waals surface area contributed by atoms with Crippen molar-refractivity contribution < 1.29 is 9.63 Å². The second-order valence-corrected chi connectivity index (χ2v) is 2.77. The Morgan fingerprint density at radius 3 is 3.00 bits per heavy atom. The van der Waals surface area contributed by atoms with E-state index < -0.39 is 0 Å². The molecule has 13 heavy (non-hydrogen) atoms. The molecule has 0 aliphatic heterocycles. The van der Waals surface area contributed by atoms with Crippen LogP contribution in [-0.2, 0) is 6.42 Å². The molecule has 0 saturated heterocycles. The predicted octanol–water partition coefficient (Wildman–Crippen LogP) is -0.0258. The first kappa shape index (κ1) is 10.1. The summed E-state index contributed by atoms with van der Waals surface area (Å²) < 4.78 is 4.82. The van der Waals surface area contributed by atoms with Crippen LogP contribution in [0.1, 0.15) is 18.7 Å². The first-order chi connectivity index (χ1) is 6.43. The number of aromatic nitrogens is 2. The van der Waals surface area contributed by atoms with Crippen molar-refractivity contribution in [1.82, 2.24) is 15.5 Å². The van der Waals surface area contributed by atoms with Gasteiger partial charge in [-0.25, -0.2) is 0 Å². The van der Waals surface area contributed by atoms with Gasteiger partial charge in [-0.1, -0.05) is 5.16 Å². The van der Waals surface area contributed by atoms with Crippen LogP contribution in [0, 0.1) is 0 Å². The van der Waals surface area contributed by atoms with Crippen molar-refractivity contribution >= 4 is 0 Å². The molecule has 0 atom stereocenters. The Morgan fingerprint density at radius 1 is 1.38 bits per heavy atom. The first-order valence-corrected chi connectivity index (χ1v) is 4.50. The Labute approximate surface area is 77.2 Å². The minimum atomic E-state index is 0.269. The standard InChI is InChI=1S/C8H15N3O2/c12-6-2-1-4-9-5-3-8-10-7-11-13-8/h7,9,12H,1-6H2. The lowest BCUT2D eigenvalue weighted by molar-refractivity contribution is 0.283. The number of nitrogens with zero attached hydrogens (tertiary/aromatic N) is 2. The second-order valence-electron chi connectivity index (χ2n) is 2.77. The molecule has 0 aliphatic rings. The van der Waals surface area contributed by atoms with Crippen LogP contribution in [0.3, 0.4) is 0 Å². The zero-order valence-electron chi connectivity index (χ0n) is 7.57. The molecule has 1 rings (SSSR count). The molecule has 0 aromatic carbocycles. The van der Waals surface area contributed by atoms with Gasteiger partial charge in [0.2, 0.25) is 5.89 Å². The van der Waals surface area contributed by atoms with Crippen LogP contribution in [0.5, 0.6) is 0 Å². The maximum Gasteiger partial charge on any atom is 0.227 e. The number of unbranched alkanes of at least 4 members (excludes halogenated alkanes) is 1. The van der Waals surface area contributed by atoms with E-state index in [0.29, 0.717) is 5.89 Å². The molecule has 0 unspecified atom stereocenters. The van der Waals surface area contributed by atoms with E-state index in [1.165, 1.54) is 6.33 Å². The molecule has 0 bridgehead atoms. The van der Waals surface area contributed by atoms with Gasteiger partial charge >= 0.3 is 0 Å². The summed E-state index contributed by atoms with van der Waals surface area (Å²) in [7, 11) is 0. The van der Waals surface area contributed by atoms with E-state index >= 15 is 0 Å². The van der Waals surface area contributed by atoms with E-state index in [4.69, 9.17) is 9.63 Å². The maximum atomic E-state index is 8.51. The number of nitrogens with one attached hydrogen (secondary N) is 1. The second kappa shape index (κ2) is 6.56. The lowest BCUT2D eigenvalue weighted by atomic mass is 10.3. The van der Waals surface area contributed by atoms with Crippen LogP contribution in [0.15, 0.2) is 10.9 Å². The average molecular weight is 185 g/mol. The molecular weight excluding hydrogens is 170 g/mol. The third-order valence-electron chi connectivity index (χ3n) is 1.68. The molecule has 0 aliphatic carbocycles. The molecular formula is C8H15N3O2. The third kappa shape index (κ3) is 4.59. The Kier molecular flexibility index (Phi) is 5.12. The van der Waals surface area contributed by atoms with Crippen molar-refractivity contribution in [2.75, 3.05) is 19.7 Å². The third-order valence-corrected chi connectivity index (χ3v) is 1.68. The largest absolute Gasteiger partial charge is 0.396 e. The predicted molar refractivity (Wildman–Crippen MR) is 47.2 cm³/mol. The van der Waals surface area contributed by atoms with Crippen molar-refractivity contribution in [3.8, 4) is 0 Å². The fourth-order valence-electron chi connectivity index (χ4n) is 0.988. The minimum absolute atomic E-state index is 0.269. The van der Waals surface area contributed by atoms with E-state index in [0.717, 1.165) is 32.4 Å². The smallest absolute Gasteiger partial charge is 0.227 e. The van der Waals surface area contributed by atoms with Crippen molar-refractivity contribution in [2.24, 2.45) is 0 Å². The van der Waals surface area contributed by atoms with Crippen LogP contribution in [-0.4, -0.2) is 34.9 Å². The van der Waals surface area contributed by atoms with Crippen molar-refractivity contribution in [3.63, 3.8) is 0 Å². The number of hydrogen-bond acceptors (Lipinski definition) is 5. The van der Waals surface area contributed by atoms with Crippen LogP contribution in [0.25, 0.3) is 0 Å². The fraction of sp³-hybridized carbons (Fsp3) is 0.750. The van der Waals surface area contributed by atoms with Gasteiger partial charge in [0.15, 0.2) is 6.33 Å². The summed E-state index contributed by atoms with van der Waals surface area (Å²) in [4.78, 5) is 3.89. The summed E-state index contributed by atoms with van der Waals surface area (Å²) in [5.74, 6) is 0.662. The van der Waals surface area contributed by atoms with Gasteiger partial charge in [-0.05, 0) is 19.4 Å². The molecule has 5 heteroatoms. The highest BCUT2D eigenvalue weighted by molar-refractivity contribution is 4.74. The molecule has 74 valence electrons.